The first-order chi connectivity index (χ1) is 11.2. The second-order valence-corrected chi connectivity index (χ2v) is 5.59. The third-order valence-corrected chi connectivity index (χ3v) is 3.89. The normalized spacial score (nSPS) is 10.3. The van der Waals surface area contributed by atoms with Gasteiger partial charge >= 0.3 is 0 Å². The van der Waals surface area contributed by atoms with Crippen LogP contribution in [0.5, 0.6) is 0 Å². The van der Waals surface area contributed by atoms with Gasteiger partial charge in [-0.1, -0.05) is 66.7 Å². The molecule has 0 fully saturated rings. The topological polar surface area (TPSA) is 29.1 Å². The summed E-state index contributed by atoms with van der Waals surface area (Å²) in [5.74, 6) is -0.0661. The molecule has 0 radical (unpaired) electrons. The molecule has 1 amide bonds. The zero-order valence-electron chi connectivity index (χ0n) is 13.1. The number of para-hydroxylation sites is 1. The number of nitrogens with one attached hydrogen (secondary N) is 1. The molecule has 0 unspecified atom stereocenters. The van der Waals surface area contributed by atoms with Gasteiger partial charge in [0.15, 0.2) is 0 Å². The highest BCUT2D eigenvalue weighted by Gasteiger charge is 2.11. The Bertz CT molecular complexity index is 809. The maximum absolute atomic E-state index is 12.5. The molecule has 0 atom stereocenters. The monoisotopic (exact) mass is 301 g/mol. The van der Waals surface area contributed by atoms with E-state index in [1.54, 1.807) is 0 Å². The number of benzene rings is 3. The van der Waals surface area contributed by atoms with Crippen LogP contribution in [0.4, 0.5) is 5.69 Å². The van der Waals surface area contributed by atoms with Crippen LogP contribution in [0, 0.1) is 6.92 Å². The Morgan fingerprint density at radius 3 is 2.26 bits per heavy atom. The molecule has 0 saturated heterocycles. The molecule has 1 N–H and O–H groups in total. The van der Waals surface area contributed by atoms with Gasteiger partial charge in [-0.3, -0.25) is 4.79 Å². The minimum Gasteiger partial charge on any atom is -0.322 e. The van der Waals surface area contributed by atoms with Crippen molar-refractivity contribution >= 4 is 11.6 Å². The SMILES string of the molecule is Cc1ccccc1C(=O)Nc1ccccc1Cc1ccccc1. The highest BCUT2D eigenvalue weighted by Crippen LogP contribution is 2.20. The van der Waals surface area contributed by atoms with Crippen LogP contribution >= 0.6 is 0 Å². The van der Waals surface area contributed by atoms with Gasteiger partial charge in [0, 0.05) is 11.3 Å². The molecular weight excluding hydrogens is 282 g/mol. The van der Waals surface area contributed by atoms with Crippen molar-refractivity contribution in [2.75, 3.05) is 5.32 Å². The van der Waals surface area contributed by atoms with E-state index < -0.39 is 0 Å². The molecule has 2 nitrogen and oxygen atoms in total. The van der Waals surface area contributed by atoms with Crippen LogP contribution in [-0.2, 0) is 6.42 Å². The van der Waals surface area contributed by atoms with E-state index in [0.29, 0.717) is 5.56 Å². The fourth-order valence-corrected chi connectivity index (χ4v) is 2.63. The van der Waals surface area contributed by atoms with Crippen LogP contribution in [-0.4, -0.2) is 5.91 Å². The van der Waals surface area contributed by atoms with Crippen molar-refractivity contribution in [1.82, 2.24) is 0 Å². The third-order valence-electron chi connectivity index (χ3n) is 3.89. The molecule has 3 aromatic rings. The lowest BCUT2D eigenvalue weighted by molar-refractivity contribution is 0.102. The Labute approximate surface area is 136 Å². The van der Waals surface area contributed by atoms with Gasteiger partial charge in [-0.05, 0) is 42.2 Å². The van der Waals surface area contributed by atoms with Gasteiger partial charge < -0.3 is 5.32 Å². The summed E-state index contributed by atoms with van der Waals surface area (Å²) in [6, 6.07) is 25.9. The standard InChI is InChI=1S/C21H19NO/c1-16-9-5-7-13-19(16)21(23)22-20-14-8-6-12-18(20)15-17-10-3-2-4-11-17/h2-14H,15H2,1H3,(H,22,23). The minimum absolute atomic E-state index is 0.0661. The van der Waals surface area contributed by atoms with Crippen LogP contribution in [0.25, 0.3) is 0 Å². The van der Waals surface area contributed by atoms with Gasteiger partial charge in [-0.15, -0.1) is 0 Å². The first kappa shape index (κ1) is 15.0. The lowest BCUT2D eigenvalue weighted by Gasteiger charge is -2.12. The first-order valence-corrected chi connectivity index (χ1v) is 7.73. The second kappa shape index (κ2) is 6.93. The molecule has 23 heavy (non-hydrogen) atoms. The van der Waals surface area contributed by atoms with Crippen LogP contribution < -0.4 is 5.32 Å². The summed E-state index contributed by atoms with van der Waals surface area (Å²) in [4.78, 5) is 12.5. The third kappa shape index (κ3) is 3.67. The molecule has 2 heteroatoms. The van der Waals surface area contributed by atoms with Crippen molar-refractivity contribution in [2.24, 2.45) is 0 Å². The molecule has 0 bridgehead atoms. The summed E-state index contributed by atoms with van der Waals surface area (Å²) in [6.45, 7) is 1.95. The van der Waals surface area contributed by atoms with Gasteiger partial charge in [0.2, 0.25) is 0 Å². The Morgan fingerprint density at radius 1 is 0.826 bits per heavy atom. The Kier molecular flexibility index (Phi) is 4.53. The summed E-state index contributed by atoms with van der Waals surface area (Å²) in [6.07, 6.45) is 0.797. The molecule has 3 aromatic carbocycles. The maximum Gasteiger partial charge on any atom is 0.255 e. The fraction of sp³-hybridized carbons (Fsp3) is 0.0952. The van der Waals surface area contributed by atoms with Crippen molar-refractivity contribution in [3.8, 4) is 0 Å². The Morgan fingerprint density at radius 2 is 1.48 bits per heavy atom. The highest BCUT2D eigenvalue weighted by molar-refractivity contribution is 6.05. The summed E-state index contributed by atoms with van der Waals surface area (Å²) in [5, 5.41) is 3.05. The van der Waals surface area contributed by atoms with Crippen LogP contribution in [0.1, 0.15) is 27.0 Å². The molecule has 0 aliphatic rings. The summed E-state index contributed by atoms with van der Waals surface area (Å²) in [5.41, 5.74) is 4.89. The van der Waals surface area contributed by atoms with Gasteiger partial charge in [0.1, 0.15) is 0 Å². The van der Waals surface area contributed by atoms with Crippen molar-refractivity contribution in [3.63, 3.8) is 0 Å². The van der Waals surface area contributed by atoms with Gasteiger partial charge in [0.25, 0.3) is 5.91 Å². The quantitative estimate of drug-likeness (QED) is 0.734. The number of anilines is 1. The Balaban J connectivity index is 1.84. The predicted octanol–water partition coefficient (Wildman–Crippen LogP) is 4.84. The second-order valence-electron chi connectivity index (χ2n) is 5.59. The van der Waals surface area contributed by atoms with E-state index in [1.165, 1.54) is 5.56 Å². The minimum atomic E-state index is -0.0661. The van der Waals surface area contributed by atoms with Crippen molar-refractivity contribution < 1.29 is 4.79 Å². The summed E-state index contributed by atoms with van der Waals surface area (Å²) >= 11 is 0. The number of hydrogen-bond acceptors (Lipinski definition) is 1. The summed E-state index contributed by atoms with van der Waals surface area (Å²) in [7, 11) is 0. The maximum atomic E-state index is 12.5. The Hall–Kier alpha value is -2.87. The number of aryl methyl sites for hydroxylation is 1. The molecule has 0 heterocycles. The van der Waals surface area contributed by atoms with Gasteiger partial charge in [-0.25, -0.2) is 0 Å². The van der Waals surface area contributed by atoms with E-state index in [2.05, 4.69) is 23.5 Å². The summed E-state index contributed by atoms with van der Waals surface area (Å²) < 4.78 is 0. The van der Waals surface area contributed by atoms with E-state index in [-0.39, 0.29) is 5.91 Å². The van der Waals surface area contributed by atoms with Crippen LogP contribution in [0.3, 0.4) is 0 Å². The zero-order chi connectivity index (χ0) is 16.1. The van der Waals surface area contributed by atoms with E-state index in [1.807, 2.05) is 67.6 Å². The number of hydrogen-bond donors (Lipinski definition) is 1. The molecule has 0 aliphatic heterocycles. The van der Waals surface area contributed by atoms with Crippen molar-refractivity contribution in [2.45, 2.75) is 13.3 Å². The number of amides is 1. The average Bonchev–Trinajstić information content (AvgIpc) is 2.58. The number of carbonyl (C=O) groups excluding carboxylic acids is 1. The zero-order valence-corrected chi connectivity index (χ0v) is 13.1. The number of carbonyl (C=O) groups is 1. The molecular formula is C21H19NO. The van der Waals surface area contributed by atoms with Crippen LogP contribution in [0.15, 0.2) is 78.9 Å². The molecule has 0 spiro atoms. The lowest BCUT2D eigenvalue weighted by Crippen LogP contribution is -2.14. The van der Waals surface area contributed by atoms with Gasteiger partial charge in [-0.2, -0.15) is 0 Å². The van der Waals surface area contributed by atoms with Gasteiger partial charge in [0.05, 0.1) is 0 Å². The van der Waals surface area contributed by atoms with E-state index >= 15 is 0 Å². The van der Waals surface area contributed by atoms with E-state index in [9.17, 15) is 4.79 Å². The smallest absolute Gasteiger partial charge is 0.255 e. The molecule has 0 aliphatic carbocycles. The average molecular weight is 301 g/mol. The van der Waals surface area contributed by atoms with E-state index in [0.717, 1.165) is 23.2 Å². The first-order valence-electron chi connectivity index (χ1n) is 7.73. The molecule has 114 valence electrons. The predicted molar refractivity (Wildman–Crippen MR) is 94.8 cm³/mol. The largest absolute Gasteiger partial charge is 0.322 e. The highest BCUT2D eigenvalue weighted by atomic mass is 16.1. The number of rotatable bonds is 4. The molecule has 0 aromatic heterocycles. The lowest BCUT2D eigenvalue weighted by atomic mass is 10.0. The van der Waals surface area contributed by atoms with Crippen molar-refractivity contribution in [3.05, 3.63) is 101 Å². The molecule has 3 rings (SSSR count). The fourth-order valence-electron chi connectivity index (χ4n) is 2.63. The van der Waals surface area contributed by atoms with E-state index in [4.69, 9.17) is 0 Å². The molecule has 0 saturated carbocycles. The van der Waals surface area contributed by atoms with Crippen molar-refractivity contribution in [1.29, 1.82) is 0 Å². The van der Waals surface area contributed by atoms with Crippen LogP contribution in [0.2, 0.25) is 0 Å².